The lowest BCUT2D eigenvalue weighted by atomic mass is 10.4. The molecule has 0 spiro atoms. The molecule has 0 aromatic carbocycles. The maximum atomic E-state index is 12.1. The van der Waals surface area contributed by atoms with E-state index in [0.717, 1.165) is 15.6 Å². The molecule has 0 aliphatic heterocycles. The van der Waals surface area contributed by atoms with Crippen LogP contribution in [-0.4, -0.2) is 26.0 Å². The molecule has 9 heteroatoms. The van der Waals surface area contributed by atoms with Crippen molar-refractivity contribution in [1.29, 1.82) is 0 Å². The Bertz CT molecular complexity index is 666. The van der Waals surface area contributed by atoms with E-state index in [1.165, 1.54) is 11.3 Å². The van der Waals surface area contributed by atoms with Crippen LogP contribution in [-0.2, 0) is 10.0 Å². The Labute approximate surface area is 132 Å². The van der Waals surface area contributed by atoms with Gasteiger partial charge >= 0.3 is 0 Å². The van der Waals surface area contributed by atoms with Crippen LogP contribution in [0.1, 0.15) is 11.9 Å². The molecule has 0 unspecified atom stereocenters. The molecule has 0 amide bonds. The Morgan fingerprint density at radius 1 is 1.45 bits per heavy atom. The fraction of sp³-hybridized carbons (Fsp3) is 0.364. The third-order valence-corrected chi connectivity index (χ3v) is 6.39. The van der Waals surface area contributed by atoms with Gasteiger partial charge < -0.3 is 5.73 Å². The highest BCUT2D eigenvalue weighted by molar-refractivity contribution is 7.91. The van der Waals surface area contributed by atoms with Crippen LogP contribution in [0.2, 0.25) is 0 Å². The maximum absolute atomic E-state index is 12.1. The molecule has 0 aliphatic carbocycles. The van der Waals surface area contributed by atoms with Crippen molar-refractivity contribution in [3.8, 4) is 10.6 Å². The normalized spacial score (nSPS) is 12.9. The lowest BCUT2D eigenvalue weighted by Crippen LogP contribution is -2.37. The molecule has 0 fully saturated rings. The van der Waals surface area contributed by atoms with Gasteiger partial charge in [0.25, 0.3) is 0 Å². The van der Waals surface area contributed by atoms with E-state index in [-0.39, 0.29) is 29.2 Å². The van der Waals surface area contributed by atoms with Crippen LogP contribution in [0.3, 0.4) is 0 Å². The molecule has 20 heavy (non-hydrogen) atoms. The summed E-state index contributed by atoms with van der Waals surface area (Å²) in [7, 11) is -3.49. The highest BCUT2D eigenvalue weighted by Gasteiger charge is 2.19. The maximum Gasteiger partial charge on any atom is 0.250 e. The van der Waals surface area contributed by atoms with Crippen molar-refractivity contribution in [2.24, 2.45) is 5.73 Å². The van der Waals surface area contributed by atoms with Crippen molar-refractivity contribution in [3.63, 3.8) is 0 Å². The number of hydrogen-bond acceptors (Lipinski definition) is 6. The number of thiophene rings is 1. The Morgan fingerprint density at radius 3 is 2.70 bits per heavy atom. The molecular formula is C11H16ClN3O2S3. The largest absolute Gasteiger partial charge is 0.329 e. The molecule has 3 N–H and O–H groups in total. The molecule has 2 heterocycles. The molecule has 5 nitrogen and oxygen atoms in total. The lowest BCUT2D eigenvalue weighted by molar-refractivity contribution is 0.564. The molecule has 2 aromatic heterocycles. The monoisotopic (exact) mass is 353 g/mol. The average molecular weight is 354 g/mol. The molecule has 112 valence electrons. The number of sulfonamides is 1. The second kappa shape index (κ2) is 6.97. The summed E-state index contributed by atoms with van der Waals surface area (Å²) in [5.74, 6) is 0. The first-order valence-corrected chi connectivity index (χ1v) is 8.85. The predicted molar refractivity (Wildman–Crippen MR) is 86.2 cm³/mol. The molecule has 0 saturated carbocycles. The minimum absolute atomic E-state index is 0. The van der Waals surface area contributed by atoms with E-state index < -0.39 is 10.0 Å². The Kier molecular flexibility index (Phi) is 6.11. The van der Waals surface area contributed by atoms with E-state index in [2.05, 4.69) is 9.71 Å². The zero-order chi connectivity index (χ0) is 14.0. The predicted octanol–water partition coefficient (Wildman–Crippen LogP) is 2.23. The minimum Gasteiger partial charge on any atom is -0.329 e. The number of aromatic nitrogens is 1. The van der Waals surface area contributed by atoms with E-state index in [1.807, 2.05) is 12.3 Å². The van der Waals surface area contributed by atoms with Crippen molar-refractivity contribution in [3.05, 3.63) is 22.5 Å². The van der Waals surface area contributed by atoms with Crippen molar-refractivity contribution < 1.29 is 8.42 Å². The van der Waals surface area contributed by atoms with Gasteiger partial charge in [-0.05, 0) is 26.0 Å². The summed E-state index contributed by atoms with van der Waals surface area (Å²) in [5.41, 5.74) is 6.24. The fourth-order valence-electron chi connectivity index (χ4n) is 1.45. The summed E-state index contributed by atoms with van der Waals surface area (Å²) in [5, 5.41) is 2.88. The molecule has 0 saturated heterocycles. The summed E-state index contributed by atoms with van der Waals surface area (Å²) in [4.78, 5) is 5.20. The standard InChI is InChI=1S/C11H15N3O2S3.ClH/c1-7(5-12)14-19(15,16)11-4-3-10(18-11)9-6-17-8(2)13-9;/h3-4,6-7,14H,5,12H2,1-2H3;1H/t7-;/m0./s1. The molecule has 2 rings (SSSR count). The zero-order valence-corrected chi connectivity index (χ0v) is 14.3. The summed E-state index contributed by atoms with van der Waals surface area (Å²) in [6, 6.07) is 3.10. The summed E-state index contributed by atoms with van der Waals surface area (Å²) < 4.78 is 27.0. The quantitative estimate of drug-likeness (QED) is 0.863. The molecule has 1 atom stereocenters. The number of nitrogens with zero attached hydrogens (tertiary/aromatic N) is 1. The van der Waals surface area contributed by atoms with Gasteiger partial charge in [-0.2, -0.15) is 0 Å². The molecular weight excluding hydrogens is 338 g/mol. The Hall–Kier alpha value is -0.510. The first-order chi connectivity index (χ1) is 8.92. The van der Waals surface area contributed by atoms with E-state index in [9.17, 15) is 8.42 Å². The highest BCUT2D eigenvalue weighted by atomic mass is 35.5. The number of halogens is 1. The Morgan fingerprint density at radius 2 is 2.15 bits per heavy atom. The minimum atomic E-state index is -3.49. The highest BCUT2D eigenvalue weighted by Crippen LogP contribution is 2.31. The second-order valence-corrected chi connectivity index (χ2v) is 8.22. The smallest absolute Gasteiger partial charge is 0.250 e. The van der Waals surface area contributed by atoms with Gasteiger partial charge in [-0.25, -0.2) is 18.1 Å². The molecule has 0 radical (unpaired) electrons. The number of thiazole rings is 1. The number of hydrogen-bond donors (Lipinski definition) is 2. The van der Waals surface area contributed by atoms with Crippen LogP contribution in [0.5, 0.6) is 0 Å². The SMILES string of the molecule is Cc1nc(-c2ccc(S(=O)(=O)N[C@@H](C)CN)s2)cs1.Cl. The van der Waals surface area contributed by atoms with Gasteiger partial charge in [0.05, 0.1) is 15.6 Å². The molecule has 0 bridgehead atoms. The number of aryl methyl sites for hydroxylation is 1. The van der Waals surface area contributed by atoms with Gasteiger partial charge in [0.15, 0.2) is 0 Å². The van der Waals surface area contributed by atoms with Gasteiger partial charge in [-0.15, -0.1) is 35.1 Å². The van der Waals surface area contributed by atoms with Crippen molar-refractivity contribution in [1.82, 2.24) is 9.71 Å². The fourth-order valence-corrected chi connectivity index (χ4v) is 4.68. The number of nitrogens with two attached hydrogens (primary N) is 1. The van der Waals surface area contributed by atoms with Crippen molar-refractivity contribution >= 4 is 45.1 Å². The van der Waals surface area contributed by atoms with E-state index >= 15 is 0 Å². The average Bonchev–Trinajstić information content (AvgIpc) is 2.96. The van der Waals surface area contributed by atoms with Crippen molar-refractivity contribution in [2.45, 2.75) is 24.1 Å². The molecule has 0 aliphatic rings. The van der Waals surface area contributed by atoms with Crippen LogP contribution < -0.4 is 10.5 Å². The summed E-state index contributed by atoms with van der Waals surface area (Å²) in [6.07, 6.45) is 0. The third-order valence-electron chi connectivity index (χ3n) is 2.43. The molecule has 2 aromatic rings. The summed E-state index contributed by atoms with van der Waals surface area (Å²) >= 11 is 2.76. The first kappa shape index (κ1) is 17.5. The zero-order valence-electron chi connectivity index (χ0n) is 11.0. The topological polar surface area (TPSA) is 85.1 Å². The van der Waals surface area contributed by atoms with Crippen LogP contribution in [0, 0.1) is 6.92 Å². The van der Waals surface area contributed by atoms with Gasteiger partial charge in [0.1, 0.15) is 4.21 Å². The van der Waals surface area contributed by atoms with Crippen LogP contribution >= 0.6 is 35.1 Å². The van der Waals surface area contributed by atoms with Crippen LogP contribution in [0.15, 0.2) is 21.7 Å². The first-order valence-electron chi connectivity index (χ1n) is 5.67. The van der Waals surface area contributed by atoms with E-state index in [0.29, 0.717) is 0 Å². The summed E-state index contributed by atoms with van der Waals surface area (Å²) in [6.45, 7) is 3.92. The number of nitrogens with one attached hydrogen (secondary N) is 1. The third kappa shape index (κ3) is 4.00. The second-order valence-electron chi connectivity index (χ2n) is 4.13. The number of rotatable bonds is 5. The van der Waals surface area contributed by atoms with Gasteiger partial charge in [0, 0.05) is 18.0 Å². The van der Waals surface area contributed by atoms with Gasteiger partial charge in [-0.1, -0.05) is 0 Å². The van der Waals surface area contributed by atoms with Gasteiger partial charge in [-0.3, -0.25) is 0 Å². The van der Waals surface area contributed by atoms with E-state index in [1.54, 1.807) is 30.4 Å². The Balaban J connectivity index is 0.00000200. The van der Waals surface area contributed by atoms with E-state index in [4.69, 9.17) is 5.73 Å². The van der Waals surface area contributed by atoms with Crippen LogP contribution in [0.4, 0.5) is 0 Å². The van der Waals surface area contributed by atoms with Gasteiger partial charge in [0.2, 0.25) is 10.0 Å². The van der Waals surface area contributed by atoms with Crippen LogP contribution in [0.25, 0.3) is 10.6 Å². The lowest BCUT2D eigenvalue weighted by Gasteiger charge is -2.10. The van der Waals surface area contributed by atoms with Crippen molar-refractivity contribution in [2.75, 3.05) is 6.54 Å².